The second-order valence-electron chi connectivity index (χ2n) is 4.06. The molecule has 6 heteroatoms. The molecule has 0 aliphatic heterocycles. The van der Waals surface area contributed by atoms with Gasteiger partial charge in [-0.05, 0) is 13.8 Å². The van der Waals surface area contributed by atoms with E-state index in [1.54, 1.807) is 13.8 Å². The third kappa shape index (κ3) is 4.73. The molecule has 0 aliphatic carbocycles. The van der Waals surface area contributed by atoms with Crippen LogP contribution in [-0.2, 0) is 9.47 Å². The van der Waals surface area contributed by atoms with Crippen LogP contribution in [0.2, 0.25) is 0 Å². The number of rotatable bonds is 8. The van der Waals surface area contributed by atoms with E-state index < -0.39 is 30.5 Å². The summed E-state index contributed by atoms with van der Waals surface area (Å²) in [6.07, 6.45) is -2.08. The number of hydrogen-bond acceptors (Lipinski definition) is 6. The fourth-order valence-electron chi connectivity index (χ4n) is 1.23. The molecule has 0 spiro atoms. The summed E-state index contributed by atoms with van der Waals surface area (Å²) >= 11 is 0. The Balaban J connectivity index is 4.66. The van der Waals surface area contributed by atoms with Gasteiger partial charge in [0.05, 0.1) is 25.9 Å². The Morgan fingerprint density at radius 1 is 1.06 bits per heavy atom. The summed E-state index contributed by atoms with van der Waals surface area (Å²) in [7, 11) is 1.44. The third-order valence-corrected chi connectivity index (χ3v) is 2.41. The van der Waals surface area contributed by atoms with Crippen molar-refractivity contribution in [3.63, 3.8) is 0 Å². The van der Waals surface area contributed by atoms with Crippen LogP contribution in [0.1, 0.15) is 13.8 Å². The van der Waals surface area contributed by atoms with Gasteiger partial charge in [-0.3, -0.25) is 0 Å². The number of aliphatic hydroxyl groups is 4. The zero-order valence-corrected chi connectivity index (χ0v) is 9.96. The topological polar surface area (TPSA) is 99.4 Å². The summed E-state index contributed by atoms with van der Waals surface area (Å²) in [5, 5.41) is 36.5. The third-order valence-electron chi connectivity index (χ3n) is 2.41. The Morgan fingerprint density at radius 2 is 1.56 bits per heavy atom. The van der Waals surface area contributed by atoms with Crippen molar-refractivity contribution in [3.05, 3.63) is 0 Å². The lowest BCUT2D eigenvalue weighted by molar-refractivity contribution is -0.257. The predicted octanol–water partition coefficient (Wildman–Crippen LogP) is -1.29. The molecule has 16 heavy (non-hydrogen) atoms. The van der Waals surface area contributed by atoms with Crippen LogP contribution in [0.25, 0.3) is 0 Å². The summed E-state index contributed by atoms with van der Waals surface area (Å²) < 4.78 is 10.5. The lowest BCUT2D eigenvalue weighted by Gasteiger charge is -2.35. The maximum absolute atomic E-state index is 9.56. The molecule has 98 valence electrons. The standard InChI is InChI=1S/C10H22O6/c1-10(2,15-3)16-9(8(14)6-13)7(4-11)5-12/h7-9,11-14H,4-6H2,1-3H3. The second-order valence-corrected chi connectivity index (χ2v) is 4.06. The first kappa shape index (κ1) is 15.8. The Bertz CT molecular complexity index is 180. The fraction of sp³-hybridized carbons (Fsp3) is 1.00. The van der Waals surface area contributed by atoms with Crippen LogP contribution < -0.4 is 0 Å². The van der Waals surface area contributed by atoms with Gasteiger partial charge in [0.15, 0.2) is 5.79 Å². The molecule has 0 fully saturated rings. The Kier molecular flexibility index (Phi) is 7.05. The Morgan fingerprint density at radius 3 is 1.88 bits per heavy atom. The highest BCUT2D eigenvalue weighted by molar-refractivity contribution is 4.78. The molecule has 0 rings (SSSR count). The van der Waals surface area contributed by atoms with Crippen molar-refractivity contribution < 1.29 is 29.9 Å². The van der Waals surface area contributed by atoms with Gasteiger partial charge in [-0.15, -0.1) is 0 Å². The molecule has 0 aromatic rings. The predicted molar refractivity (Wildman–Crippen MR) is 56.7 cm³/mol. The zero-order valence-electron chi connectivity index (χ0n) is 9.96. The number of ether oxygens (including phenoxy) is 2. The number of hydrogen-bond donors (Lipinski definition) is 4. The molecule has 0 radical (unpaired) electrons. The van der Waals surface area contributed by atoms with Gasteiger partial charge in [-0.25, -0.2) is 0 Å². The van der Waals surface area contributed by atoms with Crippen molar-refractivity contribution >= 4 is 0 Å². The van der Waals surface area contributed by atoms with Gasteiger partial charge < -0.3 is 29.9 Å². The van der Waals surface area contributed by atoms with E-state index in [9.17, 15) is 5.11 Å². The van der Waals surface area contributed by atoms with E-state index in [4.69, 9.17) is 24.8 Å². The normalized spacial score (nSPS) is 16.5. The van der Waals surface area contributed by atoms with Gasteiger partial charge in [0.2, 0.25) is 0 Å². The van der Waals surface area contributed by atoms with Gasteiger partial charge in [0, 0.05) is 13.0 Å². The Labute approximate surface area is 95.4 Å². The molecule has 0 aliphatic rings. The monoisotopic (exact) mass is 238 g/mol. The molecule has 0 heterocycles. The van der Waals surface area contributed by atoms with Crippen LogP contribution in [0, 0.1) is 5.92 Å². The van der Waals surface area contributed by atoms with E-state index in [-0.39, 0.29) is 13.2 Å². The lowest BCUT2D eigenvalue weighted by atomic mass is 9.99. The van der Waals surface area contributed by atoms with Crippen LogP contribution >= 0.6 is 0 Å². The molecule has 0 saturated carbocycles. The fourth-order valence-corrected chi connectivity index (χ4v) is 1.23. The Hall–Kier alpha value is -0.240. The maximum atomic E-state index is 9.56. The lowest BCUT2D eigenvalue weighted by Crippen LogP contribution is -2.47. The summed E-state index contributed by atoms with van der Waals surface area (Å²) in [4.78, 5) is 0. The molecule has 0 aromatic carbocycles. The number of aliphatic hydroxyl groups excluding tert-OH is 4. The minimum Gasteiger partial charge on any atom is -0.396 e. The smallest absolute Gasteiger partial charge is 0.162 e. The molecule has 4 N–H and O–H groups in total. The van der Waals surface area contributed by atoms with Gasteiger partial charge in [-0.2, -0.15) is 0 Å². The quantitative estimate of drug-likeness (QED) is 0.393. The van der Waals surface area contributed by atoms with Gasteiger partial charge in [0.25, 0.3) is 0 Å². The SMILES string of the molecule is COC(C)(C)OC(C(O)CO)C(CO)CO. The van der Waals surface area contributed by atoms with Crippen molar-refractivity contribution in [1.29, 1.82) is 0 Å². The molecule has 2 unspecified atom stereocenters. The molecule has 0 bridgehead atoms. The molecular weight excluding hydrogens is 216 g/mol. The summed E-state index contributed by atoms with van der Waals surface area (Å²) in [5.74, 6) is -1.64. The molecule has 2 atom stereocenters. The minimum atomic E-state index is -1.18. The first-order valence-electron chi connectivity index (χ1n) is 5.15. The van der Waals surface area contributed by atoms with Crippen molar-refractivity contribution in [1.82, 2.24) is 0 Å². The molecule has 0 aromatic heterocycles. The van der Waals surface area contributed by atoms with Gasteiger partial charge in [-0.1, -0.05) is 0 Å². The second kappa shape index (κ2) is 7.16. The van der Waals surface area contributed by atoms with Crippen molar-refractivity contribution in [2.24, 2.45) is 5.92 Å². The average molecular weight is 238 g/mol. The van der Waals surface area contributed by atoms with Crippen LogP contribution in [0.15, 0.2) is 0 Å². The van der Waals surface area contributed by atoms with Crippen molar-refractivity contribution in [2.75, 3.05) is 26.9 Å². The highest BCUT2D eigenvalue weighted by Gasteiger charge is 2.33. The maximum Gasteiger partial charge on any atom is 0.162 e. The van der Waals surface area contributed by atoms with E-state index in [2.05, 4.69) is 0 Å². The largest absolute Gasteiger partial charge is 0.396 e. The molecule has 0 amide bonds. The van der Waals surface area contributed by atoms with E-state index >= 15 is 0 Å². The van der Waals surface area contributed by atoms with Crippen LogP contribution in [0.4, 0.5) is 0 Å². The zero-order chi connectivity index (χ0) is 12.8. The van der Waals surface area contributed by atoms with Crippen LogP contribution in [0.3, 0.4) is 0 Å². The van der Waals surface area contributed by atoms with Crippen molar-refractivity contribution in [3.8, 4) is 0 Å². The summed E-state index contributed by atoms with van der Waals surface area (Å²) in [6.45, 7) is 2.06. The summed E-state index contributed by atoms with van der Waals surface area (Å²) in [6, 6.07) is 0. The summed E-state index contributed by atoms with van der Waals surface area (Å²) in [5.41, 5.74) is 0. The van der Waals surface area contributed by atoms with E-state index in [1.165, 1.54) is 7.11 Å². The molecule has 6 nitrogen and oxygen atoms in total. The van der Waals surface area contributed by atoms with Crippen LogP contribution in [-0.4, -0.2) is 65.4 Å². The van der Waals surface area contributed by atoms with E-state index in [0.717, 1.165) is 0 Å². The molecule has 0 saturated heterocycles. The van der Waals surface area contributed by atoms with Crippen LogP contribution in [0.5, 0.6) is 0 Å². The average Bonchev–Trinajstić information content (AvgIpc) is 2.28. The number of methoxy groups -OCH3 is 1. The highest BCUT2D eigenvalue weighted by atomic mass is 16.7. The van der Waals surface area contributed by atoms with Gasteiger partial charge >= 0.3 is 0 Å². The molecular formula is C10H22O6. The minimum absolute atomic E-state index is 0.349. The van der Waals surface area contributed by atoms with Crippen molar-refractivity contribution in [2.45, 2.75) is 31.8 Å². The first-order valence-corrected chi connectivity index (χ1v) is 5.15. The van der Waals surface area contributed by atoms with Gasteiger partial charge in [0.1, 0.15) is 6.10 Å². The van der Waals surface area contributed by atoms with E-state index in [1.807, 2.05) is 0 Å². The first-order chi connectivity index (χ1) is 7.41. The van der Waals surface area contributed by atoms with E-state index in [0.29, 0.717) is 0 Å². The highest BCUT2D eigenvalue weighted by Crippen LogP contribution is 2.20.